The van der Waals surface area contributed by atoms with Gasteiger partial charge in [0.2, 0.25) is 12.2 Å². The van der Waals surface area contributed by atoms with Crippen LogP contribution < -0.4 is 10.1 Å². The quantitative estimate of drug-likeness (QED) is 0.132. The lowest BCUT2D eigenvalue weighted by Crippen LogP contribution is -2.62. The van der Waals surface area contributed by atoms with Crippen LogP contribution in [0.3, 0.4) is 0 Å². The van der Waals surface area contributed by atoms with Crippen molar-refractivity contribution in [1.82, 2.24) is 5.32 Å². The Balaban J connectivity index is 1.17. The maximum Gasteiger partial charge on any atom is 0.326 e. The van der Waals surface area contributed by atoms with Crippen LogP contribution in [0.2, 0.25) is 0 Å². The van der Waals surface area contributed by atoms with Crippen molar-refractivity contribution in [3.63, 3.8) is 0 Å². The number of rotatable bonds is 11. The average Bonchev–Trinajstić information content (AvgIpc) is 3.40. The maximum atomic E-state index is 13.1. The van der Waals surface area contributed by atoms with Crippen LogP contribution >= 0.6 is 0 Å². The van der Waals surface area contributed by atoms with Gasteiger partial charge in [-0.25, -0.2) is 4.79 Å². The molecule has 1 amide bonds. The maximum absolute atomic E-state index is 13.1. The molecule has 0 aromatic heterocycles. The summed E-state index contributed by atoms with van der Waals surface area (Å²) in [6.07, 6.45) is 3.98. The number of benzene rings is 1. The van der Waals surface area contributed by atoms with Crippen molar-refractivity contribution in [2.75, 3.05) is 0 Å². The van der Waals surface area contributed by atoms with Crippen LogP contribution in [-0.2, 0) is 25.5 Å². The number of aliphatic carboxylic acids is 1. The van der Waals surface area contributed by atoms with Gasteiger partial charge in [-0.05, 0) is 136 Å². The third-order valence-electron chi connectivity index (χ3n) is 13.6. The lowest BCUT2D eigenvalue weighted by molar-refractivity contribution is -0.207. The molecule has 4 aliphatic carbocycles. The van der Waals surface area contributed by atoms with Gasteiger partial charge < -0.3 is 40.3 Å². The third kappa shape index (κ3) is 7.91. The first-order valence-corrected chi connectivity index (χ1v) is 19.0. The summed E-state index contributed by atoms with van der Waals surface area (Å²) >= 11 is 0. The molecule has 1 aromatic carbocycles. The van der Waals surface area contributed by atoms with Crippen LogP contribution in [0, 0.1) is 51.8 Å². The Morgan fingerprint density at radius 2 is 1.71 bits per heavy atom. The van der Waals surface area contributed by atoms with Crippen molar-refractivity contribution in [3.8, 4) is 11.5 Å². The van der Waals surface area contributed by atoms with Crippen LogP contribution in [0.4, 0.5) is 0 Å². The van der Waals surface area contributed by atoms with Gasteiger partial charge in [0.25, 0.3) is 0 Å². The van der Waals surface area contributed by atoms with E-state index in [0.29, 0.717) is 24.8 Å². The molecule has 0 aliphatic heterocycles. The third-order valence-corrected chi connectivity index (χ3v) is 13.6. The lowest BCUT2D eigenvalue weighted by atomic mass is 9.43. The molecule has 286 valence electrons. The molecule has 4 aliphatic rings. The summed E-state index contributed by atoms with van der Waals surface area (Å²) < 4.78 is 10.8. The number of ether oxygens (including phenoxy) is 2. The van der Waals surface area contributed by atoms with E-state index in [2.05, 4.69) is 26.1 Å². The summed E-state index contributed by atoms with van der Waals surface area (Å²) in [4.78, 5) is 37.4. The summed E-state index contributed by atoms with van der Waals surface area (Å²) in [5.41, 5.74) is -0.627. The molecule has 13 atom stereocenters. The van der Waals surface area contributed by atoms with E-state index < -0.39 is 41.9 Å². The first-order chi connectivity index (χ1) is 23.7. The number of carboxylic acids is 1. The standard InChI is InChI=1S/C40H61NO10/c1-21(26-10-11-27-35-28(20-33(45)40(26,27)7)39(6)15-14-25(42)18-24(39)19-31(35)44)8-13-34(46)41-29(36(47)48)16-23-9-12-32(30(43)17-23)50-22(2)51-37(49)38(3,4)5/h9,12,17,21-22,24-29,31,33,35,42-45H,8,10-11,13-16,18-20H2,1-7H3,(H,41,46)(H,47,48)/t21-,22?,24?,25-,26?,27?,28?,29?,31-,33+,35?,39+,40-/m1/s1. The highest BCUT2D eigenvalue weighted by atomic mass is 16.7. The van der Waals surface area contributed by atoms with Gasteiger partial charge in [-0.15, -0.1) is 0 Å². The first kappa shape index (κ1) is 39.3. The zero-order chi connectivity index (χ0) is 37.6. The van der Waals surface area contributed by atoms with Gasteiger partial charge >= 0.3 is 11.9 Å². The number of carboxylic acid groups (broad SMARTS) is 1. The number of aliphatic hydroxyl groups is 3. The number of nitrogens with one attached hydrogen (secondary N) is 1. The molecule has 11 heteroatoms. The molecule has 5 rings (SSSR count). The number of carbonyl (C=O) groups excluding carboxylic acids is 2. The van der Waals surface area contributed by atoms with E-state index >= 15 is 0 Å². The van der Waals surface area contributed by atoms with Crippen molar-refractivity contribution in [2.24, 2.45) is 51.8 Å². The summed E-state index contributed by atoms with van der Waals surface area (Å²) in [6.45, 7) is 13.3. The van der Waals surface area contributed by atoms with E-state index in [0.717, 1.165) is 32.1 Å². The Kier molecular flexibility index (Phi) is 11.5. The van der Waals surface area contributed by atoms with Crippen molar-refractivity contribution >= 4 is 17.8 Å². The molecule has 6 N–H and O–H groups in total. The molecule has 4 saturated carbocycles. The molecule has 51 heavy (non-hydrogen) atoms. The minimum absolute atomic E-state index is 0.00353. The zero-order valence-electron chi connectivity index (χ0n) is 31.4. The van der Waals surface area contributed by atoms with Crippen molar-refractivity contribution < 1.29 is 49.4 Å². The number of amides is 1. The Hall–Kier alpha value is -2.89. The molecule has 0 saturated heterocycles. The highest BCUT2D eigenvalue weighted by Crippen LogP contribution is 2.68. The van der Waals surface area contributed by atoms with Crippen molar-refractivity contribution in [3.05, 3.63) is 23.8 Å². The minimum atomic E-state index is -1.21. The molecule has 1 aromatic rings. The van der Waals surface area contributed by atoms with Crippen LogP contribution in [0.5, 0.6) is 11.5 Å². The van der Waals surface area contributed by atoms with E-state index in [9.17, 15) is 39.9 Å². The number of aliphatic hydroxyl groups excluding tert-OH is 3. The second-order valence-corrected chi connectivity index (χ2v) is 17.8. The van der Waals surface area contributed by atoms with Crippen LogP contribution in [0.1, 0.15) is 112 Å². The molecule has 7 unspecified atom stereocenters. The number of esters is 1. The normalized spacial score (nSPS) is 36.4. The largest absolute Gasteiger partial charge is 0.504 e. The van der Waals surface area contributed by atoms with Crippen LogP contribution in [0.15, 0.2) is 18.2 Å². The summed E-state index contributed by atoms with van der Waals surface area (Å²) in [5.74, 6) is -1.17. The predicted molar refractivity (Wildman–Crippen MR) is 189 cm³/mol. The highest BCUT2D eigenvalue weighted by molar-refractivity contribution is 5.83. The van der Waals surface area contributed by atoms with E-state index in [-0.39, 0.29) is 82.7 Å². The first-order valence-electron chi connectivity index (χ1n) is 19.0. The Labute approximate surface area is 302 Å². The number of phenols is 1. The average molecular weight is 716 g/mol. The van der Waals surface area contributed by atoms with Gasteiger partial charge in [-0.3, -0.25) is 9.59 Å². The topological polar surface area (TPSA) is 183 Å². The predicted octanol–water partition coefficient (Wildman–Crippen LogP) is 5.20. The second kappa shape index (κ2) is 14.9. The van der Waals surface area contributed by atoms with Crippen molar-refractivity contribution in [1.29, 1.82) is 0 Å². The van der Waals surface area contributed by atoms with Crippen molar-refractivity contribution in [2.45, 2.75) is 143 Å². The fourth-order valence-electron chi connectivity index (χ4n) is 10.7. The van der Waals surface area contributed by atoms with Gasteiger partial charge in [0, 0.05) is 19.8 Å². The van der Waals surface area contributed by atoms with E-state index in [1.165, 1.54) is 19.1 Å². The number of hydrogen-bond acceptors (Lipinski definition) is 9. The Morgan fingerprint density at radius 1 is 1.00 bits per heavy atom. The molecule has 0 spiro atoms. The van der Waals surface area contributed by atoms with E-state index in [4.69, 9.17) is 9.47 Å². The Morgan fingerprint density at radius 3 is 2.35 bits per heavy atom. The molecule has 0 bridgehead atoms. The van der Waals surface area contributed by atoms with E-state index in [1.54, 1.807) is 26.8 Å². The minimum Gasteiger partial charge on any atom is -0.504 e. The molecule has 11 nitrogen and oxygen atoms in total. The molecular formula is C40H61NO10. The summed E-state index contributed by atoms with van der Waals surface area (Å²) in [6, 6.07) is 3.22. The number of hydrogen-bond donors (Lipinski definition) is 6. The van der Waals surface area contributed by atoms with Gasteiger partial charge in [-0.2, -0.15) is 0 Å². The second-order valence-electron chi connectivity index (χ2n) is 17.8. The van der Waals surface area contributed by atoms with Crippen LogP contribution in [0.25, 0.3) is 0 Å². The number of aromatic hydroxyl groups is 1. The molecule has 0 radical (unpaired) electrons. The van der Waals surface area contributed by atoms with Gasteiger partial charge in [0.05, 0.1) is 23.7 Å². The highest BCUT2D eigenvalue weighted by Gasteiger charge is 2.65. The van der Waals surface area contributed by atoms with Crippen LogP contribution in [-0.4, -0.2) is 74.0 Å². The zero-order valence-corrected chi connectivity index (χ0v) is 31.4. The lowest BCUT2D eigenvalue weighted by Gasteiger charge is -2.63. The number of fused-ring (bicyclic) bond motifs is 5. The number of carbonyl (C=O) groups is 3. The summed E-state index contributed by atoms with van der Waals surface area (Å²) in [7, 11) is 0. The SMILES string of the molecule is CC(OC(=O)C(C)(C)C)Oc1ccc(CC(NC(=O)CC[C@@H](C)C2CCC3C4C(C[C@H](O)[C@@]32C)[C@@]2(C)CC[C@@H](O)CC2C[C@H]4O)C(=O)O)cc1O. The fourth-order valence-corrected chi connectivity index (χ4v) is 10.7. The Bertz CT molecular complexity index is 1440. The van der Waals surface area contributed by atoms with Gasteiger partial charge in [-0.1, -0.05) is 26.8 Å². The smallest absolute Gasteiger partial charge is 0.326 e. The fraction of sp³-hybridized carbons (Fsp3) is 0.775. The molecule has 0 heterocycles. The monoisotopic (exact) mass is 715 g/mol. The van der Waals surface area contributed by atoms with Gasteiger partial charge in [0.15, 0.2) is 11.5 Å². The van der Waals surface area contributed by atoms with E-state index in [1.807, 2.05) is 0 Å². The van der Waals surface area contributed by atoms with Gasteiger partial charge in [0.1, 0.15) is 6.04 Å². The number of phenolic OH excluding ortho intramolecular Hbond substituents is 1. The molecule has 4 fully saturated rings. The summed E-state index contributed by atoms with van der Waals surface area (Å²) in [5, 5.41) is 56.9. The molecular weight excluding hydrogens is 654 g/mol.